The molecule has 0 amide bonds. The summed E-state index contributed by atoms with van der Waals surface area (Å²) in [7, 11) is 1.83. The van der Waals surface area contributed by atoms with Gasteiger partial charge in [0.2, 0.25) is 0 Å². The molecule has 0 atom stereocenters. The third-order valence-corrected chi connectivity index (χ3v) is 5.46. The lowest BCUT2D eigenvalue weighted by Gasteiger charge is -2.29. The molecule has 0 fully saturated rings. The fourth-order valence-corrected chi connectivity index (χ4v) is 3.51. The summed E-state index contributed by atoms with van der Waals surface area (Å²) >= 11 is 6.77. The number of aromatic nitrogens is 2. The highest BCUT2D eigenvalue weighted by Crippen LogP contribution is 2.39. The number of thiol groups is 1. The zero-order valence-electron chi connectivity index (χ0n) is 22.4. The van der Waals surface area contributed by atoms with E-state index in [-0.39, 0.29) is 23.3 Å². The second kappa shape index (κ2) is 17.0. The molecule has 0 unspecified atom stereocenters. The maximum atomic E-state index is 16.0. The molecule has 1 aliphatic heterocycles. The van der Waals surface area contributed by atoms with E-state index in [9.17, 15) is 4.39 Å². The number of hydrogen-bond acceptors (Lipinski definition) is 8. The third kappa shape index (κ3) is 8.72. The molecular formula is C26H37BrF2N6OS. The molecule has 0 spiro atoms. The number of benzene rings is 1. The predicted molar refractivity (Wildman–Crippen MR) is 156 cm³/mol. The van der Waals surface area contributed by atoms with E-state index >= 15 is 4.39 Å². The first-order chi connectivity index (χ1) is 17.9. The average molecular weight is 600 g/mol. The van der Waals surface area contributed by atoms with E-state index < -0.39 is 11.6 Å². The lowest BCUT2D eigenvalue weighted by molar-refractivity contribution is 0.514. The molecule has 7 nitrogen and oxygen atoms in total. The van der Waals surface area contributed by atoms with Crippen molar-refractivity contribution in [3.63, 3.8) is 0 Å². The Kier molecular flexibility index (Phi) is 14.9. The van der Waals surface area contributed by atoms with E-state index in [4.69, 9.17) is 4.42 Å². The van der Waals surface area contributed by atoms with Crippen LogP contribution in [-0.2, 0) is 0 Å². The first-order valence-corrected chi connectivity index (χ1v) is 13.7. The molecule has 2 heterocycles. The smallest absolute Gasteiger partial charge is 0.315 e. The van der Waals surface area contributed by atoms with Gasteiger partial charge in [0.15, 0.2) is 5.83 Å². The van der Waals surface area contributed by atoms with Crippen LogP contribution in [0.3, 0.4) is 0 Å². The minimum absolute atomic E-state index is 0.0465. The lowest BCUT2D eigenvalue weighted by atomic mass is 10.0. The van der Waals surface area contributed by atoms with Gasteiger partial charge in [-0.15, -0.1) is 5.10 Å². The maximum absolute atomic E-state index is 16.0. The number of anilines is 2. The van der Waals surface area contributed by atoms with Crippen molar-refractivity contribution in [2.75, 3.05) is 37.0 Å². The van der Waals surface area contributed by atoms with E-state index in [0.29, 0.717) is 35.3 Å². The quantitative estimate of drug-likeness (QED) is 0.178. The molecule has 1 aliphatic rings. The highest BCUT2D eigenvalue weighted by atomic mass is 79.9. The second-order valence-corrected chi connectivity index (χ2v) is 8.21. The van der Waals surface area contributed by atoms with E-state index in [1.54, 1.807) is 35.7 Å². The highest BCUT2D eigenvalue weighted by molar-refractivity contribution is 9.10. The summed E-state index contributed by atoms with van der Waals surface area (Å²) in [5.41, 5.74) is 1.68. The van der Waals surface area contributed by atoms with Gasteiger partial charge in [-0.25, -0.2) is 8.78 Å². The second-order valence-electron chi connectivity index (χ2n) is 7.30. The summed E-state index contributed by atoms with van der Waals surface area (Å²) in [5, 5.41) is 17.0. The van der Waals surface area contributed by atoms with Gasteiger partial charge in [0.1, 0.15) is 5.82 Å². The first kappa shape index (κ1) is 32.4. The average Bonchev–Trinajstić information content (AvgIpc) is 3.38. The molecule has 1 aromatic heterocycles. The Morgan fingerprint density at radius 2 is 1.89 bits per heavy atom. The molecular weight excluding hydrogens is 562 g/mol. The number of nitrogens with zero attached hydrogens (tertiary/aromatic N) is 3. The Morgan fingerprint density at radius 1 is 1.19 bits per heavy atom. The Hall–Kier alpha value is -2.63. The van der Waals surface area contributed by atoms with Gasteiger partial charge < -0.3 is 25.3 Å². The molecule has 0 bridgehead atoms. The van der Waals surface area contributed by atoms with Gasteiger partial charge in [-0.1, -0.05) is 47.9 Å². The predicted octanol–water partition coefficient (Wildman–Crippen LogP) is 7.34. The Balaban J connectivity index is 0.00000163. The van der Waals surface area contributed by atoms with Crippen LogP contribution in [-0.4, -0.2) is 41.5 Å². The van der Waals surface area contributed by atoms with E-state index in [0.717, 1.165) is 5.57 Å². The van der Waals surface area contributed by atoms with Crippen molar-refractivity contribution in [3.8, 4) is 0 Å². The molecule has 1 aromatic carbocycles. The largest absolute Gasteiger partial charge is 0.403 e. The molecule has 204 valence electrons. The van der Waals surface area contributed by atoms with Gasteiger partial charge in [0.25, 0.3) is 5.89 Å². The summed E-state index contributed by atoms with van der Waals surface area (Å²) in [6.45, 7) is 10.9. The van der Waals surface area contributed by atoms with Crippen molar-refractivity contribution >= 4 is 45.8 Å². The standard InChI is InChI=1S/C23H27BrF2N6O.C2H6.CH4S/c1-5-11-32-13-16(22-30-31-23(33-22)28-10-9-27-4)20(19(26)21(32)14(3)6-2)29-18-8-7-15(24)12-17(18)25;2*1-2/h5,7-8,11-13,27,29H,6,9-10H2,1-4H3,(H,28,31);1-2H3;2H,1H3/b11-5-,21-14+;;. The van der Waals surface area contributed by atoms with Gasteiger partial charge in [-0.05, 0) is 57.3 Å². The van der Waals surface area contributed by atoms with Crippen LogP contribution < -0.4 is 16.0 Å². The maximum Gasteiger partial charge on any atom is 0.315 e. The molecule has 3 N–H and O–H groups in total. The summed E-state index contributed by atoms with van der Waals surface area (Å²) in [6.07, 6.45) is 7.57. The summed E-state index contributed by atoms with van der Waals surface area (Å²) in [4.78, 5) is 1.67. The van der Waals surface area contributed by atoms with E-state index in [1.807, 2.05) is 41.7 Å². The van der Waals surface area contributed by atoms with Crippen LogP contribution in [0.15, 0.2) is 68.4 Å². The summed E-state index contributed by atoms with van der Waals surface area (Å²) in [6, 6.07) is 4.72. The van der Waals surface area contributed by atoms with Crippen LogP contribution in [0, 0.1) is 5.82 Å². The van der Waals surface area contributed by atoms with Crippen molar-refractivity contribution in [1.82, 2.24) is 20.4 Å². The fourth-order valence-electron chi connectivity index (χ4n) is 3.18. The lowest BCUT2D eigenvalue weighted by Crippen LogP contribution is -2.22. The third-order valence-electron chi connectivity index (χ3n) is 4.96. The van der Waals surface area contributed by atoms with Crippen LogP contribution in [0.5, 0.6) is 0 Å². The van der Waals surface area contributed by atoms with E-state index in [1.165, 1.54) is 12.1 Å². The van der Waals surface area contributed by atoms with Gasteiger partial charge >= 0.3 is 6.01 Å². The summed E-state index contributed by atoms with van der Waals surface area (Å²) < 4.78 is 36.9. The van der Waals surface area contributed by atoms with Crippen LogP contribution in [0.2, 0.25) is 0 Å². The molecule has 11 heteroatoms. The minimum Gasteiger partial charge on any atom is -0.403 e. The Morgan fingerprint density at radius 3 is 2.49 bits per heavy atom. The van der Waals surface area contributed by atoms with Crippen LogP contribution >= 0.6 is 28.6 Å². The molecule has 0 saturated carbocycles. The fraction of sp³-hybridized carbons (Fsp3) is 0.385. The van der Waals surface area contributed by atoms with Crippen LogP contribution in [0.1, 0.15) is 46.9 Å². The molecule has 3 rings (SSSR count). The van der Waals surface area contributed by atoms with Crippen molar-refractivity contribution < 1.29 is 13.2 Å². The minimum atomic E-state index is -0.546. The molecule has 0 saturated heterocycles. The molecule has 0 aliphatic carbocycles. The number of allylic oxidation sites excluding steroid dienone is 4. The Labute approximate surface area is 232 Å². The summed E-state index contributed by atoms with van der Waals surface area (Å²) in [5.74, 6) is -0.979. The first-order valence-electron chi connectivity index (χ1n) is 12.0. The number of halogens is 3. The van der Waals surface area contributed by atoms with Gasteiger partial charge in [0.05, 0.1) is 22.7 Å². The number of hydrogen-bond donors (Lipinski definition) is 4. The zero-order valence-corrected chi connectivity index (χ0v) is 24.9. The molecule has 2 aromatic rings. The van der Waals surface area contributed by atoms with Gasteiger partial charge in [0, 0.05) is 30.0 Å². The monoisotopic (exact) mass is 598 g/mol. The van der Waals surface area contributed by atoms with Crippen molar-refractivity contribution in [2.45, 2.75) is 41.0 Å². The normalized spacial score (nSPS) is 14.5. The van der Waals surface area contributed by atoms with Crippen molar-refractivity contribution in [1.29, 1.82) is 0 Å². The number of likely N-dealkylation sites (N-methyl/N-ethyl adjacent to an activating group) is 1. The number of nitrogens with one attached hydrogen (secondary N) is 3. The highest BCUT2D eigenvalue weighted by Gasteiger charge is 2.30. The van der Waals surface area contributed by atoms with Crippen molar-refractivity contribution in [3.05, 3.63) is 75.6 Å². The van der Waals surface area contributed by atoms with Crippen molar-refractivity contribution in [2.24, 2.45) is 0 Å². The topological polar surface area (TPSA) is 78.2 Å². The Bertz CT molecular complexity index is 1130. The zero-order chi connectivity index (χ0) is 28.0. The van der Waals surface area contributed by atoms with E-state index in [2.05, 4.69) is 54.7 Å². The van der Waals surface area contributed by atoms with Gasteiger partial charge in [-0.3, -0.25) is 0 Å². The SMILES string of the molecule is C/C=C\N1C=C(c2nnc(NCCNC)o2)C(Nc2ccc(Br)cc2F)=C(F)/C1=C(/C)CC.CC.CS. The number of rotatable bonds is 9. The van der Waals surface area contributed by atoms with Crippen LogP contribution in [0.25, 0.3) is 5.57 Å². The van der Waals surface area contributed by atoms with Gasteiger partial charge in [-0.2, -0.15) is 12.6 Å². The van der Waals surface area contributed by atoms with Crippen LogP contribution in [0.4, 0.5) is 20.5 Å². The molecule has 37 heavy (non-hydrogen) atoms. The molecule has 0 radical (unpaired) electrons.